The molecule has 6 nitrogen and oxygen atoms in total. The van der Waals surface area contributed by atoms with Crippen molar-refractivity contribution in [3.63, 3.8) is 0 Å². The van der Waals surface area contributed by atoms with E-state index in [2.05, 4.69) is 37.0 Å². The summed E-state index contributed by atoms with van der Waals surface area (Å²) in [6.45, 7) is 0. The van der Waals surface area contributed by atoms with Crippen LogP contribution in [-0.4, -0.2) is 28.6 Å². The van der Waals surface area contributed by atoms with E-state index in [-0.39, 0.29) is 17.2 Å². The van der Waals surface area contributed by atoms with E-state index < -0.39 is 0 Å². The molecule has 1 aromatic carbocycles. The van der Waals surface area contributed by atoms with Gasteiger partial charge in [-0.3, -0.25) is 9.36 Å². The maximum Gasteiger partial charge on any atom is 0.294 e. The predicted molar refractivity (Wildman–Crippen MR) is 94.8 cm³/mol. The van der Waals surface area contributed by atoms with Crippen molar-refractivity contribution < 1.29 is 9.47 Å². The van der Waals surface area contributed by atoms with Crippen molar-refractivity contribution in [3.8, 4) is 17.3 Å². The topological polar surface area (TPSA) is 58.3 Å². The van der Waals surface area contributed by atoms with Crippen LogP contribution >= 0.6 is 31.9 Å². The van der Waals surface area contributed by atoms with Crippen LogP contribution in [-0.2, 0) is 7.05 Å². The number of fused-ring (bicyclic) bond motifs is 1. The molecule has 0 aliphatic carbocycles. The van der Waals surface area contributed by atoms with Crippen LogP contribution in [0.15, 0.2) is 38.1 Å². The third-order valence-corrected chi connectivity index (χ3v) is 5.61. The monoisotopic (exact) mass is 441 g/mol. The van der Waals surface area contributed by atoms with E-state index in [0.717, 1.165) is 15.4 Å². The molecule has 0 fully saturated rings. The van der Waals surface area contributed by atoms with Crippen LogP contribution in [0, 0.1) is 0 Å². The van der Waals surface area contributed by atoms with Gasteiger partial charge in [0, 0.05) is 12.4 Å². The molecule has 120 valence electrons. The highest BCUT2D eigenvalue weighted by molar-refractivity contribution is 9.13. The van der Waals surface area contributed by atoms with E-state index in [1.165, 1.54) is 18.9 Å². The molecule has 0 N–H and O–H groups in total. The molecule has 2 heterocycles. The number of aromatic nitrogens is 3. The Morgan fingerprint density at radius 2 is 1.83 bits per heavy atom. The number of benzene rings is 1. The molecule has 0 aliphatic heterocycles. The van der Waals surface area contributed by atoms with Crippen LogP contribution in [0.5, 0.6) is 11.6 Å². The minimum Gasteiger partial charge on any atom is -0.490 e. The zero-order chi connectivity index (χ0) is 16.7. The Hall–Kier alpha value is -1.80. The van der Waals surface area contributed by atoms with Crippen LogP contribution in [0.1, 0.15) is 0 Å². The van der Waals surface area contributed by atoms with Crippen molar-refractivity contribution in [2.45, 2.75) is 0 Å². The number of rotatable bonds is 3. The molecule has 0 amide bonds. The second-order valence-corrected chi connectivity index (χ2v) is 6.32. The Labute approximate surface area is 148 Å². The van der Waals surface area contributed by atoms with Gasteiger partial charge in [0.15, 0.2) is 5.69 Å². The second-order valence-electron chi connectivity index (χ2n) is 4.78. The van der Waals surface area contributed by atoms with E-state index in [0.29, 0.717) is 10.3 Å². The smallest absolute Gasteiger partial charge is 0.294 e. The Morgan fingerprint density at radius 3 is 2.48 bits per heavy atom. The molecule has 0 saturated heterocycles. The first-order chi connectivity index (χ1) is 11.0. The molecule has 0 spiro atoms. The van der Waals surface area contributed by atoms with E-state index in [4.69, 9.17) is 9.47 Å². The van der Waals surface area contributed by atoms with Crippen molar-refractivity contribution in [1.29, 1.82) is 0 Å². The number of halogens is 2. The van der Waals surface area contributed by atoms with Crippen molar-refractivity contribution >= 4 is 42.8 Å². The summed E-state index contributed by atoms with van der Waals surface area (Å²) in [5.74, 6) is 0.523. The molecule has 0 unspecified atom stereocenters. The van der Waals surface area contributed by atoms with Gasteiger partial charge in [-0.25, -0.2) is 4.68 Å². The zero-order valence-corrected chi connectivity index (χ0v) is 15.8. The molecule has 0 radical (unpaired) electrons. The number of nitrogens with zero attached hydrogens (tertiary/aromatic N) is 3. The number of para-hydroxylation sites is 1. The molecule has 0 aliphatic rings. The van der Waals surface area contributed by atoms with Crippen LogP contribution in [0.25, 0.3) is 16.6 Å². The maximum absolute atomic E-state index is 12.7. The minimum absolute atomic E-state index is 0.241. The molecular formula is C15H13Br2N3O3. The lowest BCUT2D eigenvalue weighted by Crippen LogP contribution is -2.26. The van der Waals surface area contributed by atoms with Gasteiger partial charge in [0.25, 0.3) is 11.4 Å². The lowest BCUT2D eigenvalue weighted by Gasteiger charge is -2.15. The highest BCUT2D eigenvalue weighted by Crippen LogP contribution is 2.39. The Morgan fingerprint density at radius 1 is 1.13 bits per heavy atom. The fraction of sp³-hybridized carbons (Fsp3) is 0.200. The molecule has 0 atom stereocenters. The van der Waals surface area contributed by atoms with Gasteiger partial charge in [-0.2, -0.15) is 0 Å². The number of ether oxygens (including phenoxy) is 2. The van der Waals surface area contributed by atoms with Gasteiger partial charge in [0.05, 0.1) is 24.2 Å². The van der Waals surface area contributed by atoms with Gasteiger partial charge >= 0.3 is 0 Å². The quantitative estimate of drug-likeness (QED) is 0.624. The molecule has 8 heteroatoms. The first-order valence-corrected chi connectivity index (χ1v) is 8.24. The summed E-state index contributed by atoms with van der Waals surface area (Å²) in [5, 5.41) is 5.05. The highest BCUT2D eigenvalue weighted by atomic mass is 79.9. The van der Waals surface area contributed by atoms with Crippen LogP contribution < -0.4 is 15.0 Å². The second kappa shape index (κ2) is 6.01. The average molecular weight is 443 g/mol. The van der Waals surface area contributed by atoms with Crippen molar-refractivity contribution in [2.75, 3.05) is 14.2 Å². The van der Waals surface area contributed by atoms with E-state index in [1.54, 1.807) is 11.6 Å². The molecular weight excluding hydrogens is 430 g/mol. The number of hydrogen-bond donors (Lipinski definition) is 0. The van der Waals surface area contributed by atoms with E-state index in [9.17, 15) is 4.79 Å². The van der Waals surface area contributed by atoms with E-state index >= 15 is 0 Å². The summed E-state index contributed by atoms with van der Waals surface area (Å²) in [6.07, 6.45) is 0. The summed E-state index contributed by atoms with van der Waals surface area (Å²) in [6, 6.07) is 7.74. The molecule has 0 bridgehead atoms. The van der Waals surface area contributed by atoms with E-state index in [1.807, 2.05) is 24.3 Å². The van der Waals surface area contributed by atoms with Gasteiger partial charge in [0.2, 0.25) is 5.75 Å². The van der Waals surface area contributed by atoms with Gasteiger partial charge in [-0.1, -0.05) is 18.2 Å². The van der Waals surface area contributed by atoms with Gasteiger partial charge in [-0.05, 0) is 37.9 Å². The Kier molecular flexibility index (Phi) is 4.20. The van der Waals surface area contributed by atoms with Gasteiger partial charge in [-0.15, -0.1) is 5.10 Å². The normalized spacial score (nSPS) is 11.0. The molecule has 2 aromatic heterocycles. The SMILES string of the molecule is COc1nn(C)c(=O)c(-n2c(Br)c(Br)c3ccccc32)c1OC. The van der Waals surface area contributed by atoms with Crippen LogP contribution in [0.4, 0.5) is 0 Å². The summed E-state index contributed by atoms with van der Waals surface area (Å²) < 4.78 is 15.2. The lowest BCUT2D eigenvalue weighted by atomic mass is 10.2. The molecule has 3 rings (SSSR count). The van der Waals surface area contributed by atoms with Crippen molar-refractivity contribution in [3.05, 3.63) is 43.7 Å². The third kappa shape index (κ3) is 2.36. The van der Waals surface area contributed by atoms with Gasteiger partial charge < -0.3 is 9.47 Å². The largest absolute Gasteiger partial charge is 0.490 e. The first kappa shape index (κ1) is 16.1. The zero-order valence-electron chi connectivity index (χ0n) is 12.6. The maximum atomic E-state index is 12.7. The Balaban J connectivity index is 2.52. The summed E-state index contributed by atoms with van der Waals surface area (Å²) in [7, 11) is 4.54. The summed E-state index contributed by atoms with van der Waals surface area (Å²) in [5.41, 5.74) is 0.891. The number of aryl methyl sites for hydroxylation is 1. The average Bonchev–Trinajstić information content (AvgIpc) is 2.81. The minimum atomic E-state index is -0.295. The highest BCUT2D eigenvalue weighted by Gasteiger charge is 2.24. The molecule has 23 heavy (non-hydrogen) atoms. The lowest BCUT2D eigenvalue weighted by molar-refractivity contribution is 0.329. The first-order valence-electron chi connectivity index (χ1n) is 6.65. The fourth-order valence-corrected chi connectivity index (χ4v) is 3.58. The van der Waals surface area contributed by atoms with Crippen LogP contribution in [0.2, 0.25) is 0 Å². The van der Waals surface area contributed by atoms with Crippen molar-refractivity contribution in [1.82, 2.24) is 14.3 Å². The molecule has 0 saturated carbocycles. The number of methoxy groups -OCH3 is 2. The third-order valence-electron chi connectivity index (χ3n) is 3.53. The number of hydrogen-bond acceptors (Lipinski definition) is 4. The Bertz CT molecular complexity index is 963. The van der Waals surface area contributed by atoms with Gasteiger partial charge in [0.1, 0.15) is 4.60 Å². The standard InChI is InChI=1S/C15H13Br2N3O3/c1-19-15(21)11(12(22-2)14(18-19)23-3)20-9-7-5-4-6-8(9)10(16)13(20)17/h4-7H,1-3H3. The summed E-state index contributed by atoms with van der Waals surface area (Å²) >= 11 is 7.11. The molecule has 3 aromatic rings. The summed E-state index contributed by atoms with van der Waals surface area (Å²) in [4.78, 5) is 12.7. The fourth-order valence-electron chi connectivity index (χ4n) is 2.48. The van der Waals surface area contributed by atoms with Crippen molar-refractivity contribution in [2.24, 2.45) is 7.05 Å². The van der Waals surface area contributed by atoms with Crippen LogP contribution in [0.3, 0.4) is 0 Å². The predicted octanol–water partition coefficient (Wildman–Crippen LogP) is 3.27.